The lowest BCUT2D eigenvalue weighted by Crippen LogP contribution is -2.19. The summed E-state index contributed by atoms with van der Waals surface area (Å²) in [5, 5.41) is 6.66. The Balaban J connectivity index is 1.76. The van der Waals surface area contributed by atoms with Crippen LogP contribution in [0.25, 0.3) is 11.4 Å². The maximum atomic E-state index is 5.66. The van der Waals surface area contributed by atoms with Gasteiger partial charge in [-0.25, -0.2) is 9.97 Å². The minimum Gasteiger partial charge on any atom is -0.383 e. The second kappa shape index (κ2) is 8.61. The topological polar surface area (TPSA) is 68.3 Å². The second-order valence-corrected chi connectivity index (χ2v) is 5.76. The number of nitrogens with zero attached hydrogens (tertiary/aromatic N) is 2. The van der Waals surface area contributed by atoms with Crippen LogP contribution in [0.3, 0.4) is 0 Å². The number of hydrogen-bond donors (Lipinski definition) is 2. The number of benzene rings is 1. The van der Waals surface area contributed by atoms with E-state index in [1.807, 2.05) is 36.4 Å². The van der Waals surface area contributed by atoms with Crippen LogP contribution in [0.4, 0.5) is 11.6 Å². The van der Waals surface area contributed by atoms with Crippen LogP contribution in [-0.2, 0) is 9.47 Å². The molecule has 0 bridgehead atoms. The van der Waals surface area contributed by atoms with E-state index >= 15 is 0 Å². The minimum atomic E-state index is 0.269. The van der Waals surface area contributed by atoms with Crippen molar-refractivity contribution < 1.29 is 9.47 Å². The van der Waals surface area contributed by atoms with Crippen molar-refractivity contribution >= 4 is 11.6 Å². The van der Waals surface area contributed by atoms with Gasteiger partial charge in [-0.2, -0.15) is 0 Å². The molecule has 2 heterocycles. The number of rotatable bonds is 8. The van der Waals surface area contributed by atoms with Gasteiger partial charge in [-0.15, -0.1) is 0 Å². The van der Waals surface area contributed by atoms with Crippen LogP contribution in [0.1, 0.15) is 12.8 Å². The highest BCUT2D eigenvalue weighted by atomic mass is 16.5. The molecule has 0 saturated carbocycles. The van der Waals surface area contributed by atoms with Gasteiger partial charge in [0.15, 0.2) is 5.82 Å². The minimum absolute atomic E-state index is 0.269. The normalized spacial score (nSPS) is 17.0. The van der Waals surface area contributed by atoms with Crippen LogP contribution >= 0.6 is 0 Å². The highest BCUT2D eigenvalue weighted by molar-refractivity contribution is 5.61. The number of aromatic nitrogens is 2. The third-order valence-corrected chi connectivity index (χ3v) is 3.91. The summed E-state index contributed by atoms with van der Waals surface area (Å²) < 4.78 is 10.7. The van der Waals surface area contributed by atoms with Crippen molar-refractivity contribution in [3.63, 3.8) is 0 Å². The molecule has 3 rings (SSSR count). The summed E-state index contributed by atoms with van der Waals surface area (Å²) in [6, 6.07) is 11.9. The van der Waals surface area contributed by atoms with Gasteiger partial charge in [0.05, 0.1) is 12.7 Å². The van der Waals surface area contributed by atoms with Gasteiger partial charge >= 0.3 is 0 Å². The van der Waals surface area contributed by atoms with Crippen molar-refractivity contribution in [1.29, 1.82) is 0 Å². The Labute approximate surface area is 142 Å². The first-order valence-corrected chi connectivity index (χ1v) is 8.38. The zero-order valence-electron chi connectivity index (χ0n) is 14.0. The molecule has 0 amide bonds. The Kier molecular flexibility index (Phi) is 5.98. The van der Waals surface area contributed by atoms with E-state index in [1.165, 1.54) is 0 Å². The first kappa shape index (κ1) is 16.7. The Bertz CT molecular complexity index is 630. The quantitative estimate of drug-likeness (QED) is 0.726. The summed E-state index contributed by atoms with van der Waals surface area (Å²) in [6.45, 7) is 2.95. The lowest BCUT2D eigenvalue weighted by Gasteiger charge is -2.14. The van der Waals surface area contributed by atoms with E-state index in [1.54, 1.807) is 7.11 Å². The molecule has 1 atom stereocenters. The number of hydrogen-bond acceptors (Lipinski definition) is 6. The molecule has 1 unspecified atom stereocenters. The molecule has 2 aromatic rings. The average Bonchev–Trinajstić information content (AvgIpc) is 3.14. The molecule has 6 heteroatoms. The van der Waals surface area contributed by atoms with Crippen LogP contribution in [-0.4, -0.2) is 49.5 Å². The molecule has 0 radical (unpaired) electrons. The van der Waals surface area contributed by atoms with Gasteiger partial charge in [-0.1, -0.05) is 30.3 Å². The third kappa shape index (κ3) is 4.66. The number of methoxy groups -OCH3 is 1. The van der Waals surface area contributed by atoms with Gasteiger partial charge in [0, 0.05) is 38.4 Å². The predicted molar refractivity (Wildman–Crippen MR) is 95.3 cm³/mol. The fourth-order valence-electron chi connectivity index (χ4n) is 2.65. The van der Waals surface area contributed by atoms with Crippen LogP contribution < -0.4 is 10.6 Å². The maximum Gasteiger partial charge on any atom is 0.163 e. The fraction of sp³-hybridized carbons (Fsp3) is 0.444. The summed E-state index contributed by atoms with van der Waals surface area (Å²) in [6.07, 6.45) is 2.50. The van der Waals surface area contributed by atoms with E-state index < -0.39 is 0 Å². The first-order valence-electron chi connectivity index (χ1n) is 8.38. The van der Waals surface area contributed by atoms with Crippen molar-refractivity contribution in [3.8, 4) is 11.4 Å². The Morgan fingerprint density at radius 3 is 2.67 bits per heavy atom. The molecular formula is C18H24N4O2. The summed E-state index contributed by atoms with van der Waals surface area (Å²) >= 11 is 0. The number of nitrogens with one attached hydrogen (secondary N) is 2. The molecule has 128 valence electrons. The van der Waals surface area contributed by atoms with Gasteiger partial charge < -0.3 is 20.1 Å². The average molecular weight is 328 g/mol. The van der Waals surface area contributed by atoms with Gasteiger partial charge in [0.1, 0.15) is 11.6 Å². The molecule has 1 saturated heterocycles. The van der Waals surface area contributed by atoms with Crippen LogP contribution in [0, 0.1) is 0 Å². The van der Waals surface area contributed by atoms with E-state index in [-0.39, 0.29) is 6.10 Å². The smallest absolute Gasteiger partial charge is 0.163 e. The number of anilines is 2. The Hall–Kier alpha value is -2.18. The van der Waals surface area contributed by atoms with E-state index in [4.69, 9.17) is 9.47 Å². The highest BCUT2D eigenvalue weighted by Crippen LogP contribution is 2.21. The zero-order chi connectivity index (χ0) is 16.6. The summed E-state index contributed by atoms with van der Waals surface area (Å²) in [5.41, 5.74) is 0.994. The van der Waals surface area contributed by atoms with Crippen molar-refractivity contribution in [2.75, 3.05) is 44.0 Å². The lowest BCUT2D eigenvalue weighted by atomic mass is 10.2. The fourth-order valence-corrected chi connectivity index (χ4v) is 2.65. The molecule has 1 aliphatic heterocycles. The van der Waals surface area contributed by atoms with Crippen molar-refractivity contribution in [3.05, 3.63) is 36.4 Å². The van der Waals surface area contributed by atoms with Crippen LogP contribution in [0.5, 0.6) is 0 Å². The maximum absolute atomic E-state index is 5.66. The van der Waals surface area contributed by atoms with E-state index in [0.29, 0.717) is 19.0 Å². The van der Waals surface area contributed by atoms with Gasteiger partial charge in [-0.3, -0.25) is 0 Å². The van der Waals surface area contributed by atoms with Gasteiger partial charge in [0.25, 0.3) is 0 Å². The number of ether oxygens (including phenoxy) is 2. The van der Waals surface area contributed by atoms with E-state index in [0.717, 1.165) is 43.2 Å². The zero-order valence-corrected chi connectivity index (χ0v) is 14.0. The van der Waals surface area contributed by atoms with E-state index in [2.05, 4.69) is 20.6 Å². The molecule has 6 nitrogen and oxygen atoms in total. The predicted octanol–water partition coefficient (Wildman–Crippen LogP) is 2.79. The van der Waals surface area contributed by atoms with Crippen molar-refractivity contribution in [1.82, 2.24) is 9.97 Å². The van der Waals surface area contributed by atoms with Crippen LogP contribution in [0.2, 0.25) is 0 Å². The Morgan fingerprint density at radius 1 is 1.17 bits per heavy atom. The molecule has 1 aliphatic rings. The van der Waals surface area contributed by atoms with Gasteiger partial charge in [-0.05, 0) is 12.8 Å². The highest BCUT2D eigenvalue weighted by Gasteiger charge is 2.15. The third-order valence-electron chi connectivity index (χ3n) is 3.91. The summed E-state index contributed by atoms with van der Waals surface area (Å²) in [4.78, 5) is 9.25. The van der Waals surface area contributed by atoms with E-state index in [9.17, 15) is 0 Å². The standard InChI is InChI=1S/C18H24N4O2/c1-23-11-9-19-16-12-17(20-13-15-8-5-10-24-15)22-18(21-16)14-6-3-2-4-7-14/h2-4,6-7,12,15H,5,8-11,13H2,1H3,(H2,19,20,21,22). The van der Waals surface area contributed by atoms with Gasteiger partial charge in [0.2, 0.25) is 0 Å². The molecule has 1 aromatic heterocycles. The molecule has 1 aromatic carbocycles. The SMILES string of the molecule is COCCNc1cc(NCC2CCCO2)nc(-c2ccccc2)n1. The molecule has 2 N–H and O–H groups in total. The Morgan fingerprint density at radius 2 is 1.96 bits per heavy atom. The lowest BCUT2D eigenvalue weighted by molar-refractivity contribution is 0.120. The molecular weight excluding hydrogens is 304 g/mol. The molecule has 0 spiro atoms. The summed E-state index contributed by atoms with van der Waals surface area (Å²) in [7, 11) is 1.69. The molecule has 24 heavy (non-hydrogen) atoms. The second-order valence-electron chi connectivity index (χ2n) is 5.76. The van der Waals surface area contributed by atoms with Crippen LogP contribution in [0.15, 0.2) is 36.4 Å². The van der Waals surface area contributed by atoms with Crippen molar-refractivity contribution in [2.45, 2.75) is 18.9 Å². The summed E-state index contributed by atoms with van der Waals surface area (Å²) in [5.74, 6) is 2.29. The molecule has 1 fully saturated rings. The first-order chi connectivity index (χ1) is 11.8. The largest absolute Gasteiger partial charge is 0.383 e. The van der Waals surface area contributed by atoms with Crippen molar-refractivity contribution in [2.24, 2.45) is 0 Å². The molecule has 0 aliphatic carbocycles. The monoisotopic (exact) mass is 328 g/mol.